The number of hydrogen-bond donors (Lipinski definition) is 1. The molecular weight excluding hydrogens is 501 g/mol. The Labute approximate surface area is 226 Å². The molecule has 1 saturated heterocycles. The molecule has 0 atom stereocenters. The molecule has 4 heterocycles. The maximum absolute atomic E-state index is 13.6. The molecule has 10 heteroatoms. The fourth-order valence-electron chi connectivity index (χ4n) is 5.91. The summed E-state index contributed by atoms with van der Waals surface area (Å²) in [5.74, 6) is 0.163. The van der Waals surface area contributed by atoms with Gasteiger partial charge in [0.25, 0.3) is 5.91 Å². The van der Waals surface area contributed by atoms with Crippen LogP contribution in [0.15, 0.2) is 54.9 Å². The zero-order valence-electron chi connectivity index (χ0n) is 21.7. The van der Waals surface area contributed by atoms with Crippen molar-refractivity contribution >= 4 is 29.0 Å². The predicted molar refractivity (Wildman–Crippen MR) is 145 cm³/mol. The quantitative estimate of drug-likeness (QED) is 0.409. The van der Waals surface area contributed by atoms with Gasteiger partial charge in [-0.15, -0.1) is 0 Å². The molecule has 1 aromatic heterocycles. The molecule has 0 unspecified atom stereocenters. The molecule has 3 aliphatic heterocycles. The van der Waals surface area contributed by atoms with Gasteiger partial charge in [-0.25, -0.2) is 9.18 Å². The van der Waals surface area contributed by atoms with Gasteiger partial charge in [-0.05, 0) is 79.3 Å². The summed E-state index contributed by atoms with van der Waals surface area (Å²) in [6, 6.07) is 11.8. The number of methoxy groups -OCH3 is 1. The molecule has 2 aromatic carbocycles. The van der Waals surface area contributed by atoms with Gasteiger partial charge < -0.3 is 30.0 Å². The molecule has 3 amide bonds. The third-order valence-electron chi connectivity index (χ3n) is 7.97. The van der Waals surface area contributed by atoms with Crippen LogP contribution in [0.3, 0.4) is 0 Å². The van der Waals surface area contributed by atoms with Gasteiger partial charge in [-0.1, -0.05) is 0 Å². The van der Waals surface area contributed by atoms with Crippen molar-refractivity contribution in [2.45, 2.75) is 31.7 Å². The summed E-state index contributed by atoms with van der Waals surface area (Å²) in [5, 5.41) is 15.5. The summed E-state index contributed by atoms with van der Waals surface area (Å²) >= 11 is 0. The number of hydrogen-bond acceptors (Lipinski definition) is 5. The Morgan fingerprint density at radius 1 is 1.03 bits per heavy atom. The first kappa shape index (κ1) is 25.0. The van der Waals surface area contributed by atoms with E-state index in [4.69, 9.17) is 4.74 Å². The largest absolute Gasteiger partial charge is 0.619 e. The van der Waals surface area contributed by atoms with Crippen molar-refractivity contribution in [2.24, 2.45) is 0 Å². The van der Waals surface area contributed by atoms with Crippen LogP contribution < -0.4 is 24.6 Å². The molecule has 202 valence electrons. The molecule has 0 aliphatic carbocycles. The maximum atomic E-state index is 13.6. The van der Waals surface area contributed by atoms with Crippen molar-refractivity contribution in [3.05, 3.63) is 82.6 Å². The highest BCUT2D eigenvalue weighted by atomic mass is 19.1. The van der Waals surface area contributed by atoms with E-state index < -0.39 is 0 Å². The first-order valence-corrected chi connectivity index (χ1v) is 13.2. The summed E-state index contributed by atoms with van der Waals surface area (Å²) in [7, 11) is 1.63. The number of rotatable bonds is 4. The number of piperidine rings is 1. The number of anilines is 3. The topological polar surface area (TPSA) is 92.1 Å². The van der Waals surface area contributed by atoms with Crippen molar-refractivity contribution in [2.75, 3.05) is 48.4 Å². The summed E-state index contributed by atoms with van der Waals surface area (Å²) in [5.41, 5.74) is 4.30. The Balaban J connectivity index is 1.13. The minimum atomic E-state index is -0.326. The molecule has 1 fully saturated rings. The van der Waals surface area contributed by atoms with E-state index >= 15 is 0 Å². The van der Waals surface area contributed by atoms with Crippen molar-refractivity contribution in [3.8, 4) is 5.75 Å². The zero-order valence-corrected chi connectivity index (χ0v) is 21.7. The Morgan fingerprint density at radius 2 is 1.82 bits per heavy atom. The van der Waals surface area contributed by atoms with Gasteiger partial charge in [0.15, 0.2) is 6.20 Å². The second-order valence-electron chi connectivity index (χ2n) is 10.2. The summed E-state index contributed by atoms with van der Waals surface area (Å²) in [6.07, 6.45) is 5.57. The Bertz CT molecular complexity index is 1440. The third-order valence-corrected chi connectivity index (χ3v) is 7.97. The molecule has 3 aliphatic rings. The highest BCUT2D eigenvalue weighted by Crippen LogP contribution is 2.31. The van der Waals surface area contributed by atoms with E-state index in [1.807, 2.05) is 23.1 Å². The number of aromatic nitrogens is 1. The maximum Gasteiger partial charge on any atom is 0.322 e. The number of carbonyl (C=O) groups excluding carboxylic acids is 2. The van der Waals surface area contributed by atoms with Crippen molar-refractivity contribution in [3.63, 3.8) is 0 Å². The normalized spacial score (nSPS) is 17.4. The van der Waals surface area contributed by atoms with E-state index in [-0.39, 0.29) is 23.8 Å². The van der Waals surface area contributed by atoms with Crippen molar-refractivity contribution in [1.29, 1.82) is 0 Å². The standard InChI is InChI=1S/C29H30FN5O4/c1-39-25-3-4-26-19(16-25)6-12-34(29(37)31-26)23-8-10-32(11-9-23)24-15-21(17-33(38)18-24)28(36)35-13-7-20-14-22(30)2-5-27(20)35/h2-5,14-18,23H,6-13H2,1H3,(H,31,37). The number of urea groups is 1. The SMILES string of the molecule is COc1ccc2c(c1)CCN(C1CCN(c3cc(C(=O)N4CCc5cc(F)ccc54)c[n+]([O-])c3)CC1)C(=O)N2. The van der Waals surface area contributed by atoms with Gasteiger partial charge in [0.2, 0.25) is 6.20 Å². The first-order valence-electron chi connectivity index (χ1n) is 13.2. The first-order chi connectivity index (χ1) is 18.9. The van der Waals surface area contributed by atoms with Gasteiger partial charge in [-0.3, -0.25) is 4.79 Å². The molecule has 39 heavy (non-hydrogen) atoms. The second kappa shape index (κ2) is 10.1. The molecule has 1 N–H and O–H groups in total. The predicted octanol–water partition coefficient (Wildman–Crippen LogP) is 3.73. The minimum absolute atomic E-state index is 0.0724. The summed E-state index contributed by atoms with van der Waals surface area (Å²) < 4.78 is 19.6. The van der Waals surface area contributed by atoms with Crippen LogP contribution in [-0.4, -0.2) is 56.2 Å². The van der Waals surface area contributed by atoms with E-state index in [9.17, 15) is 19.2 Å². The number of fused-ring (bicyclic) bond motifs is 2. The molecule has 9 nitrogen and oxygen atoms in total. The van der Waals surface area contributed by atoms with E-state index in [0.717, 1.165) is 41.8 Å². The third kappa shape index (κ3) is 4.82. The monoisotopic (exact) mass is 531 g/mol. The number of pyridine rings is 1. The highest BCUT2D eigenvalue weighted by Gasteiger charge is 2.32. The van der Waals surface area contributed by atoms with Crippen LogP contribution in [0.25, 0.3) is 0 Å². The van der Waals surface area contributed by atoms with Crippen molar-refractivity contribution in [1.82, 2.24) is 4.90 Å². The molecule has 0 saturated carbocycles. The van der Waals surface area contributed by atoms with Crippen LogP contribution in [0.2, 0.25) is 0 Å². The van der Waals surface area contributed by atoms with Crippen LogP contribution in [-0.2, 0) is 12.8 Å². The molecule has 0 bridgehead atoms. The average Bonchev–Trinajstić information content (AvgIpc) is 3.28. The average molecular weight is 532 g/mol. The van der Waals surface area contributed by atoms with Gasteiger partial charge in [0, 0.05) is 43.6 Å². The molecule has 0 radical (unpaired) electrons. The summed E-state index contributed by atoms with van der Waals surface area (Å²) in [4.78, 5) is 32.0. The van der Waals surface area contributed by atoms with Crippen LogP contribution in [0, 0.1) is 11.0 Å². The minimum Gasteiger partial charge on any atom is -0.619 e. The smallest absolute Gasteiger partial charge is 0.322 e. The van der Waals surface area contributed by atoms with E-state index in [1.165, 1.54) is 24.5 Å². The van der Waals surface area contributed by atoms with Crippen molar-refractivity contribution < 1.29 is 23.4 Å². The lowest BCUT2D eigenvalue weighted by Crippen LogP contribution is -2.49. The number of carbonyl (C=O) groups is 2. The van der Waals surface area contributed by atoms with Crippen LogP contribution in [0.1, 0.15) is 34.3 Å². The second-order valence-corrected chi connectivity index (χ2v) is 10.2. The number of amides is 3. The molecule has 0 spiro atoms. The molecule has 6 rings (SSSR count). The fraction of sp³-hybridized carbons (Fsp3) is 0.345. The number of nitrogens with zero attached hydrogens (tertiary/aromatic N) is 4. The van der Waals surface area contributed by atoms with E-state index in [1.54, 1.807) is 24.1 Å². The van der Waals surface area contributed by atoms with Gasteiger partial charge in [0.05, 0.1) is 7.11 Å². The lowest BCUT2D eigenvalue weighted by atomic mass is 10.0. The van der Waals surface area contributed by atoms with Gasteiger partial charge >= 0.3 is 6.03 Å². The molecule has 3 aromatic rings. The number of halogens is 1. The van der Waals surface area contributed by atoms with Crippen LogP contribution >= 0.6 is 0 Å². The summed E-state index contributed by atoms with van der Waals surface area (Å²) in [6.45, 7) is 2.36. The number of nitrogens with one attached hydrogen (secondary N) is 1. The number of benzene rings is 2. The Hall–Kier alpha value is -4.34. The zero-order chi connectivity index (χ0) is 27.1. The van der Waals surface area contributed by atoms with E-state index in [0.29, 0.717) is 54.3 Å². The molecular formula is C29H30FN5O4. The lowest BCUT2D eigenvalue weighted by molar-refractivity contribution is -0.604. The van der Waals surface area contributed by atoms with E-state index in [2.05, 4.69) is 10.2 Å². The Morgan fingerprint density at radius 3 is 2.62 bits per heavy atom. The number of ether oxygens (including phenoxy) is 1. The fourth-order valence-corrected chi connectivity index (χ4v) is 5.91. The Kier molecular flexibility index (Phi) is 6.46. The lowest BCUT2D eigenvalue weighted by Gasteiger charge is -2.38. The van der Waals surface area contributed by atoms with Crippen LogP contribution in [0.4, 0.5) is 26.2 Å². The van der Waals surface area contributed by atoms with Gasteiger partial charge in [0.1, 0.15) is 22.8 Å². The van der Waals surface area contributed by atoms with Crippen LogP contribution in [0.5, 0.6) is 5.75 Å². The van der Waals surface area contributed by atoms with Gasteiger partial charge in [-0.2, -0.15) is 4.73 Å². The highest BCUT2D eigenvalue weighted by molar-refractivity contribution is 6.07.